The fourth-order valence-electron chi connectivity index (χ4n) is 2.41. The first-order valence-corrected chi connectivity index (χ1v) is 9.36. The van der Waals surface area contributed by atoms with Crippen molar-refractivity contribution in [2.24, 2.45) is 0 Å². The second kappa shape index (κ2) is 7.35. The standard InChI is InChI=1S/C15H18N4O3S2/c1-8(23-15-17-11(20)7-12(18-15)22-2)13(21)19-14-16-9-5-3-4-6-10(9)24-14/h7-8H,3-6H2,1-2H3,(H,16,19,21)(H,17,18,20)/t8-/m0/s1. The average molecular weight is 366 g/mol. The molecular formula is C15H18N4O3S2. The predicted molar refractivity (Wildman–Crippen MR) is 94.1 cm³/mol. The predicted octanol–water partition coefficient (Wildman–Crippen LogP) is 2.23. The van der Waals surface area contributed by atoms with Gasteiger partial charge in [0.25, 0.3) is 5.56 Å². The zero-order chi connectivity index (χ0) is 17.1. The van der Waals surface area contributed by atoms with E-state index < -0.39 is 5.25 Å². The topological polar surface area (TPSA) is 97.0 Å². The Kier molecular flexibility index (Phi) is 5.20. The van der Waals surface area contributed by atoms with Crippen LogP contribution in [0, 0.1) is 0 Å². The lowest BCUT2D eigenvalue weighted by Gasteiger charge is -2.10. The molecule has 0 spiro atoms. The van der Waals surface area contributed by atoms with Crippen LogP contribution in [-0.2, 0) is 17.6 Å². The maximum atomic E-state index is 12.4. The number of nitrogens with one attached hydrogen (secondary N) is 2. The largest absolute Gasteiger partial charge is 0.481 e. The summed E-state index contributed by atoms with van der Waals surface area (Å²) in [5, 5.41) is 3.42. The maximum absolute atomic E-state index is 12.4. The van der Waals surface area contributed by atoms with Crippen LogP contribution in [0.4, 0.5) is 5.13 Å². The number of carbonyl (C=O) groups excluding carboxylic acids is 1. The minimum absolute atomic E-state index is 0.170. The molecule has 0 aromatic carbocycles. The van der Waals surface area contributed by atoms with Gasteiger partial charge in [-0.3, -0.25) is 9.59 Å². The van der Waals surface area contributed by atoms with Crippen molar-refractivity contribution in [3.63, 3.8) is 0 Å². The number of thiazole rings is 1. The van der Waals surface area contributed by atoms with Crippen molar-refractivity contribution in [1.82, 2.24) is 15.0 Å². The first-order chi connectivity index (χ1) is 11.5. The van der Waals surface area contributed by atoms with Gasteiger partial charge in [-0.25, -0.2) is 4.98 Å². The van der Waals surface area contributed by atoms with Gasteiger partial charge in [-0.2, -0.15) is 4.98 Å². The second-order valence-electron chi connectivity index (χ2n) is 5.44. The van der Waals surface area contributed by atoms with E-state index in [-0.39, 0.29) is 17.3 Å². The van der Waals surface area contributed by atoms with E-state index in [1.165, 1.54) is 36.2 Å². The Morgan fingerprint density at radius 2 is 2.21 bits per heavy atom. The highest BCUT2D eigenvalue weighted by Crippen LogP contribution is 2.30. The number of H-pyrrole nitrogens is 1. The number of thioether (sulfide) groups is 1. The molecule has 24 heavy (non-hydrogen) atoms. The number of aryl methyl sites for hydroxylation is 2. The normalized spacial score (nSPS) is 14.8. The maximum Gasteiger partial charge on any atom is 0.255 e. The van der Waals surface area contributed by atoms with E-state index >= 15 is 0 Å². The summed E-state index contributed by atoms with van der Waals surface area (Å²) >= 11 is 2.72. The molecule has 0 saturated heterocycles. The van der Waals surface area contributed by atoms with Crippen LogP contribution in [-0.4, -0.2) is 33.2 Å². The molecular weight excluding hydrogens is 348 g/mol. The molecule has 0 aliphatic heterocycles. The Hall–Kier alpha value is -1.87. The van der Waals surface area contributed by atoms with Gasteiger partial charge in [0.05, 0.1) is 24.1 Å². The van der Waals surface area contributed by atoms with Crippen LogP contribution in [0.25, 0.3) is 0 Å². The summed E-state index contributed by atoms with van der Waals surface area (Å²) in [4.78, 5) is 36.4. The summed E-state index contributed by atoms with van der Waals surface area (Å²) < 4.78 is 4.97. The molecule has 1 aliphatic carbocycles. The van der Waals surface area contributed by atoms with Gasteiger partial charge in [-0.15, -0.1) is 11.3 Å². The van der Waals surface area contributed by atoms with E-state index in [4.69, 9.17) is 4.74 Å². The van der Waals surface area contributed by atoms with Crippen LogP contribution in [0.3, 0.4) is 0 Å². The number of amides is 1. The highest BCUT2D eigenvalue weighted by Gasteiger charge is 2.20. The summed E-state index contributed by atoms with van der Waals surface area (Å²) in [6.45, 7) is 1.76. The lowest BCUT2D eigenvalue weighted by Crippen LogP contribution is -2.23. The van der Waals surface area contributed by atoms with Crippen molar-refractivity contribution in [2.45, 2.75) is 43.0 Å². The number of hydrogen-bond donors (Lipinski definition) is 2. The number of carbonyl (C=O) groups is 1. The van der Waals surface area contributed by atoms with E-state index in [9.17, 15) is 9.59 Å². The first-order valence-electron chi connectivity index (χ1n) is 7.66. The molecule has 0 saturated carbocycles. The SMILES string of the molecule is COc1cc(=O)[nH]c(S[C@@H](C)C(=O)Nc2nc3c(s2)CCCC3)n1. The fraction of sp³-hybridized carbons (Fsp3) is 0.467. The number of hydrogen-bond acceptors (Lipinski definition) is 7. The highest BCUT2D eigenvalue weighted by molar-refractivity contribution is 8.00. The minimum atomic E-state index is -0.429. The molecule has 7 nitrogen and oxygen atoms in total. The van der Waals surface area contributed by atoms with E-state index in [1.54, 1.807) is 18.3 Å². The molecule has 9 heteroatoms. The molecule has 1 aliphatic rings. The molecule has 3 rings (SSSR count). The lowest BCUT2D eigenvalue weighted by atomic mass is 10.0. The second-order valence-corrected chi connectivity index (χ2v) is 7.85. The van der Waals surface area contributed by atoms with Crippen molar-refractivity contribution in [2.75, 3.05) is 12.4 Å². The summed E-state index contributed by atoms with van der Waals surface area (Å²) in [6, 6.07) is 1.26. The van der Waals surface area contributed by atoms with Crippen molar-refractivity contribution < 1.29 is 9.53 Å². The Balaban J connectivity index is 1.65. The third-order valence-corrected chi connectivity index (χ3v) is 5.70. The van der Waals surface area contributed by atoms with Crippen LogP contribution < -0.4 is 15.6 Å². The van der Waals surface area contributed by atoms with Gasteiger partial charge < -0.3 is 15.0 Å². The Labute approximate surface area is 147 Å². The number of ether oxygens (including phenoxy) is 1. The summed E-state index contributed by atoms with van der Waals surface area (Å²) in [7, 11) is 1.44. The van der Waals surface area contributed by atoms with Crippen LogP contribution in [0.5, 0.6) is 5.88 Å². The minimum Gasteiger partial charge on any atom is -0.481 e. The molecule has 128 valence electrons. The van der Waals surface area contributed by atoms with Gasteiger partial charge in [-0.05, 0) is 32.6 Å². The van der Waals surface area contributed by atoms with Crippen molar-refractivity contribution in [1.29, 1.82) is 0 Å². The quantitative estimate of drug-likeness (QED) is 0.622. The fourth-order valence-corrected chi connectivity index (χ4v) is 4.26. The number of anilines is 1. The zero-order valence-corrected chi connectivity index (χ0v) is 15.1. The smallest absolute Gasteiger partial charge is 0.255 e. The van der Waals surface area contributed by atoms with Crippen molar-refractivity contribution >= 4 is 34.1 Å². The Morgan fingerprint density at radius 3 is 2.96 bits per heavy atom. The van der Waals surface area contributed by atoms with Gasteiger partial charge in [-0.1, -0.05) is 11.8 Å². The van der Waals surface area contributed by atoms with E-state index in [2.05, 4.69) is 20.3 Å². The molecule has 1 amide bonds. The third-order valence-electron chi connectivity index (χ3n) is 3.64. The van der Waals surface area contributed by atoms with E-state index in [0.717, 1.165) is 25.0 Å². The molecule has 1 atom stereocenters. The monoisotopic (exact) mass is 366 g/mol. The number of aromatic nitrogens is 3. The summed E-state index contributed by atoms with van der Waals surface area (Å²) in [5.41, 5.74) is 0.796. The van der Waals surface area contributed by atoms with Crippen LogP contribution >= 0.6 is 23.1 Å². The molecule has 0 unspecified atom stereocenters. The highest BCUT2D eigenvalue weighted by atomic mass is 32.2. The van der Waals surface area contributed by atoms with Gasteiger partial charge in [0, 0.05) is 4.88 Å². The van der Waals surface area contributed by atoms with Gasteiger partial charge in [0.1, 0.15) is 0 Å². The molecule has 2 aromatic rings. The first kappa shape index (κ1) is 17.0. The number of methoxy groups -OCH3 is 1. The lowest BCUT2D eigenvalue weighted by molar-refractivity contribution is -0.115. The molecule has 0 fully saturated rings. The van der Waals surface area contributed by atoms with Gasteiger partial charge in [0.15, 0.2) is 10.3 Å². The number of aromatic amines is 1. The van der Waals surface area contributed by atoms with E-state index in [1.807, 2.05) is 0 Å². The zero-order valence-electron chi connectivity index (χ0n) is 13.4. The van der Waals surface area contributed by atoms with Gasteiger partial charge in [0.2, 0.25) is 11.8 Å². The van der Waals surface area contributed by atoms with Crippen LogP contribution in [0.15, 0.2) is 16.0 Å². The summed E-state index contributed by atoms with van der Waals surface area (Å²) in [6.07, 6.45) is 4.37. The number of fused-ring (bicyclic) bond motifs is 1. The number of rotatable bonds is 5. The van der Waals surface area contributed by atoms with Crippen molar-refractivity contribution in [3.05, 3.63) is 27.0 Å². The van der Waals surface area contributed by atoms with Gasteiger partial charge >= 0.3 is 0 Å². The van der Waals surface area contributed by atoms with Crippen LogP contribution in [0.2, 0.25) is 0 Å². The number of nitrogens with zero attached hydrogens (tertiary/aromatic N) is 2. The average Bonchev–Trinajstić information content (AvgIpc) is 2.96. The molecule has 0 radical (unpaired) electrons. The van der Waals surface area contributed by atoms with Crippen molar-refractivity contribution in [3.8, 4) is 5.88 Å². The Bertz CT molecular complexity index is 779. The van der Waals surface area contributed by atoms with Crippen LogP contribution in [0.1, 0.15) is 30.3 Å². The molecule has 2 heterocycles. The van der Waals surface area contributed by atoms with E-state index in [0.29, 0.717) is 10.3 Å². The molecule has 2 aromatic heterocycles. The Morgan fingerprint density at radius 1 is 1.42 bits per heavy atom. The molecule has 2 N–H and O–H groups in total. The molecule has 0 bridgehead atoms. The summed E-state index contributed by atoms with van der Waals surface area (Å²) in [5.74, 6) is 0.0537. The third kappa shape index (κ3) is 3.96.